The van der Waals surface area contributed by atoms with Crippen molar-refractivity contribution in [2.24, 2.45) is 5.41 Å². The second-order valence-corrected chi connectivity index (χ2v) is 9.25. The molecule has 4 rings (SSSR count). The summed E-state index contributed by atoms with van der Waals surface area (Å²) >= 11 is 0. The first-order valence-corrected chi connectivity index (χ1v) is 11.6. The van der Waals surface area contributed by atoms with Crippen LogP contribution in [0.2, 0.25) is 0 Å². The van der Waals surface area contributed by atoms with E-state index in [1.807, 2.05) is 17.0 Å². The number of phenolic OH excluding ortho intramolecular Hbond substituents is 1. The zero-order chi connectivity index (χ0) is 23.0. The van der Waals surface area contributed by atoms with Crippen LogP contribution in [0.25, 0.3) is 0 Å². The highest BCUT2D eigenvalue weighted by Crippen LogP contribution is 2.41. The van der Waals surface area contributed by atoms with Gasteiger partial charge in [-0.2, -0.15) is 0 Å². The Labute approximate surface area is 189 Å². The van der Waals surface area contributed by atoms with Crippen LogP contribution in [0.4, 0.5) is 0 Å². The van der Waals surface area contributed by atoms with Crippen molar-refractivity contribution in [2.75, 3.05) is 39.4 Å². The van der Waals surface area contributed by atoms with Gasteiger partial charge >= 0.3 is 0 Å². The van der Waals surface area contributed by atoms with Crippen LogP contribution in [0.5, 0.6) is 5.75 Å². The molecule has 1 spiro atoms. The number of piperidine rings is 2. The predicted octanol–water partition coefficient (Wildman–Crippen LogP) is 1.88. The number of nitrogens with zero attached hydrogens (tertiary/aromatic N) is 2. The summed E-state index contributed by atoms with van der Waals surface area (Å²) in [5, 5.41) is 27.3. The lowest BCUT2D eigenvalue weighted by molar-refractivity contribution is -0.135. The molecular formula is C24H36N2O6. The van der Waals surface area contributed by atoms with Crippen LogP contribution in [-0.2, 0) is 20.7 Å². The number of phenols is 1. The van der Waals surface area contributed by atoms with Gasteiger partial charge in [-0.15, -0.1) is 0 Å². The average molecular weight is 449 g/mol. The van der Waals surface area contributed by atoms with Crippen molar-refractivity contribution in [3.05, 3.63) is 29.8 Å². The maximum Gasteiger partial charge on any atom is 0.290 e. The summed E-state index contributed by atoms with van der Waals surface area (Å²) in [6, 6.07) is 7.76. The Hall–Kier alpha value is -2.16. The van der Waals surface area contributed by atoms with Gasteiger partial charge < -0.3 is 25.0 Å². The number of hydrogen-bond donors (Lipinski definition) is 3. The van der Waals surface area contributed by atoms with Crippen LogP contribution in [-0.4, -0.2) is 89.0 Å². The number of aliphatic hydroxyl groups is 1. The highest BCUT2D eigenvalue weighted by atomic mass is 16.5. The molecule has 3 heterocycles. The molecule has 3 saturated heterocycles. The van der Waals surface area contributed by atoms with E-state index >= 15 is 0 Å². The van der Waals surface area contributed by atoms with Crippen LogP contribution in [0.3, 0.4) is 0 Å². The number of amides is 1. The number of rotatable bonds is 4. The van der Waals surface area contributed by atoms with E-state index in [1.54, 1.807) is 12.1 Å². The van der Waals surface area contributed by atoms with E-state index in [4.69, 9.17) is 14.6 Å². The van der Waals surface area contributed by atoms with Crippen LogP contribution in [0.1, 0.15) is 44.1 Å². The number of aliphatic hydroxyl groups excluding tert-OH is 1. The van der Waals surface area contributed by atoms with Crippen molar-refractivity contribution in [3.63, 3.8) is 0 Å². The number of hydrogen-bond acceptors (Lipinski definition) is 6. The van der Waals surface area contributed by atoms with E-state index in [0.29, 0.717) is 18.9 Å². The summed E-state index contributed by atoms with van der Waals surface area (Å²) in [4.78, 5) is 25.5. The van der Waals surface area contributed by atoms with E-state index in [1.165, 1.54) is 0 Å². The molecule has 8 heteroatoms. The second kappa shape index (κ2) is 11.6. The fourth-order valence-electron chi connectivity index (χ4n) is 5.44. The number of carboxylic acid groups (broad SMARTS) is 1. The van der Waals surface area contributed by atoms with E-state index in [-0.39, 0.29) is 29.6 Å². The third-order valence-corrected chi connectivity index (χ3v) is 7.14. The van der Waals surface area contributed by atoms with Gasteiger partial charge in [0.25, 0.3) is 6.47 Å². The van der Waals surface area contributed by atoms with Crippen LogP contribution in [0.15, 0.2) is 24.3 Å². The number of β-amino-alcohol motifs (C(OH)–C–C–N with tert-alkyl or cyclic N) is 1. The van der Waals surface area contributed by atoms with Gasteiger partial charge in [-0.05, 0) is 55.6 Å². The molecule has 0 aliphatic carbocycles. The Kier molecular flexibility index (Phi) is 8.90. The number of ether oxygens (including phenoxy) is 1. The smallest absolute Gasteiger partial charge is 0.290 e. The first kappa shape index (κ1) is 24.5. The van der Waals surface area contributed by atoms with Gasteiger partial charge in [0, 0.05) is 51.9 Å². The summed E-state index contributed by atoms with van der Waals surface area (Å²) in [5.74, 6) is 0.433. The summed E-state index contributed by atoms with van der Waals surface area (Å²) in [6.07, 6.45) is 5.63. The third-order valence-electron chi connectivity index (χ3n) is 7.14. The number of benzene rings is 1. The van der Waals surface area contributed by atoms with Crippen molar-refractivity contribution >= 4 is 12.4 Å². The average Bonchev–Trinajstić information content (AvgIpc) is 2.79. The zero-order valence-electron chi connectivity index (χ0n) is 18.7. The normalized spacial score (nSPS) is 23.9. The fourth-order valence-corrected chi connectivity index (χ4v) is 5.44. The lowest BCUT2D eigenvalue weighted by atomic mass is 9.71. The molecule has 3 aliphatic heterocycles. The van der Waals surface area contributed by atoms with Gasteiger partial charge in [-0.25, -0.2) is 0 Å². The molecule has 3 fully saturated rings. The molecule has 0 aromatic heterocycles. The SMILES string of the molecule is O=C(CCc1ccccc1O)N1CCC2(CC1)CC(O)CN(C1CCOCC1)C2.O=CO. The summed E-state index contributed by atoms with van der Waals surface area (Å²) < 4.78 is 5.51. The van der Waals surface area contributed by atoms with Gasteiger partial charge in [-0.3, -0.25) is 14.5 Å². The largest absolute Gasteiger partial charge is 0.508 e. The first-order valence-electron chi connectivity index (χ1n) is 11.6. The summed E-state index contributed by atoms with van der Waals surface area (Å²) in [6.45, 7) is 4.75. The number of carbonyl (C=O) groups is 2. The van der Waals surface area contributed by atoms with Gasteiger partial charge in [0.2, 0.25) is 5.91 Å². The van der Waals surface area contributed by atoms with E-state index < -0.39 is 0 Å². The molecule has 0 saturated carbocycles. The molecule has 32 heavy (non-hydrogen) atoms. The van der Waals surface area contributed by atoms with Crippen molar-refractivity contribution in [1.82, 2.24) is 9.80 Å². The minimum atomic E-state index is -0.269. The van der Waals surface area contributed by atoms with Gasteiger partial charge in [0.15, 0.2) is 0 Å². The minimum Gasteiger partial charge on any atom is -0.508 e. The van der Waals surface area contributed by atoms with Crippen LogP contribution in [0, 0.1) is 5.41 Å². The van der Waals surface area contributed by atoms with Crippen molar-refractivity contribution < 1.29 is 29.6 Å². The second-order valence-electron chi connectivity index (χ2n) is 9.25. The van der Waals surface area contributed by atoms with E-state index in [0.717, 1.165) is 77.1 Å². The maximum absolute atomic E-state index is 12.7. The quantitative estimate of drug-likeness (QED) is 0.603. The molecule has 3 N–H and O–H groups in total. The number of carbonyl (C=O) groups excluding carboxylic acids is 1. The van der Waals surface area contributed by atoms with Gasteiger partial charge in [0.1, 0.15) is 5.75 Å². The lowest BCUT2D eigenvalue weighted by Crippen LogP contribution is -2.57. The minimum absolute atomic E-state index is 0.129. The molecule has 0 radical (unpaired) electrons. The third kappa shape index (κ3) is 6.43. The van der Waals surface area contributed by atoms with Crippen LogP contribution < -0.4 is 0 Å². The molecule has 1 unspecified atom stereocenters. The highest BCUT2D eigenvalue weighted by molar-refractivity contribution is 5.76. The molecule has 1 aromatic carbocycles. The number of aromatic hydroxyl groups is 1. The fraction of sp³-hybridized carbons (Fsp3) is 0.667. The van der Waals surface area contributed by atoms with Gasteiger partial charge in [0.05, 0.1) is 6.10 Å². The van der Waals surface area contributed by atoms with Crippen molar-refractivity contribution in [2.45, 2.75) is 57.1 Å². The van der Waals surface area contributed by atoms with E-state index in [9.17, 15) is 15.0 Å². The monoisotopic (exact) mass is 448 g/mol. The Morgan fingerprint density at radius 2 is 1.84 bits per heavy atom. The molecule has 3 aliphatic rings. The van der Waals surface area contributed by atoms with E-state index in [2.05, 4.69) is 4.90 Å². The van der Waals surface area contributed by atoms with Crippen molar-refractivity contribution in [1.29, 1.82) is 0 Å². The maximum atomic E-state index is 12.7. The van der Waals surface area contributed by atoms with Gasteiger partial charge in [-0.1, -0.05) is 18.2 Å². The molecule has 1 atom stereocenters. The molecule has 8 nitrogen and oxygen atoms in total. The van der Waals surface area contributed by atoms with Crippen LogP contribution >= 0.6 is 0 Å². The standard InChI is InChI=1S/C23H34N2O4.CH2O2/c26-20-15-23(17-25(16-20)19-7-13-29-14-8-19)9-11-24(12-10-23)22(28)6-5-18-3-1-2-4-21(18)27;2-1-3/h1-4,19-20,26-27H,5-17H2;1H,(H,2,3). The molecule has 1 amide bonds. The number of likely N-dealkylation sites (tertiary alicyclic amines) is 2. The Morgan fingerprint density at radius 1 is 1.19 bits per heavy atom. The predicted molar refractivity (Wildman–Crippen MR) is 119 cm³/mol. The number of para-hydroxylation sites is 1. The Balaban J connectivity index is 0.000000913. The molecule has 1 aromatic rings. The highest BCUT2D eigenvalue weighted by Gasteiger charge is 2.43. The molecule has 0 bridgehead atoms. The Morgan fingerprint density at radius 3 is 2.50 bits per heavy atom. The molecule has 178 valence electrons. The summed E-state index contributed by atoms with van der Waals surface area (Å²) in [5.41, 5.74) is 0.960. The molecular weight excluding hydrogens is 412 g/mol. The van der Waals surface area contributed by atoms with Crippen molar-refractivity contribution in [3.8, 4) is 5.75 Å². The number of aryl methyl sites for hydroxylation is 1. The Bertz CT molecular complexity index is 744. The lowest BCUT2D eigenvalue weighted by Gasteiger charge is -2.51. The first-order chi connectivity index (χ1) is 15.5. The topological polar surface area (TPSA) is 111 Å². The summed E-state index contributed by atoms with van der Waals surface area (Å²) in [7, 11) is 0. The zero-order valence-corrected chi connectivity index (χ0v) is 18.7.